The number of likely N-dealkylation sites (tertiary alicyclic amines) is 2. The summed E-state index contributed by atoms with van der Waals surface area (Å²) in [5.41, 5.74) is 0. The van der Waals surface area contributed by atoms with Crippen molar-refractivity contribution < 1.29 is 0 Å². The maximum absolute atomic E-state index is 4.97. The van der Waals surface area contributed by atoms with Gasteiger partial charge in [-0.25, -0.2) is 4.98 Å². The maximum atomic E-state index is 4.97. The lowest BCUT2D eigenvalue weighted by Gasteiger charge is -2.39. The summed E-state index contributed by atoms with van der Waals surface area (Å²) in [6, 6.07) is 1.18. The minimum atomic E-state index is 0. The first-order chi connectivity index (χ1) is 12.7. The SMILES string of the molecule is CCNC(=NCCN1CCCCC1C)N1CCC(C)C(n2ccnc2)C1.I. The van der Waals surface area contributed by atoms with E-state index in [0.717, 1.165) is 38.7 Å². The molecule has 3 unspecified atom stereocenters. The second kappa shape index (κ2) is 11.2. The first-order valence-corrected chi connectivity index (χ1v) is 10.4. The van der Waals surface area contributed by atoms with Crippen LogP contribution < -0.4 is 5.32 Å². The molecule has 0 radical (unpaired) electrons. The number of nitrogens with zero attached hydrogens (tertiary/aromatic N) is 5. The molecule has 1 N–H and O–H groups in total. The molecule has 0 spiro atoms. The van der Waals surface area contributed by atoms with Gasteiger partial charge in [-0.2, -0.15) is 0 Å². The standard InChI is InChI=1S/C20H36N6.HI/c1-4-22-20(23-10-14-24-11-6-5-7-18(24)3)25-12-8-17(2)19(15-25)26-13-9-21-16-26;/h9,13,16-19H,4-8,10-12,14-15H2,1-3H3,(H,22,23);1H. The quantitative estimate of drug-likeness (QED) is 0.393. The smallest absolute Gasteiger partial charge is 0.194 e. The third-order valence-corrected chi connectivity index (χ3v) is 6.05. The van der Waals surface area contributed by atoms with Gasteiger partial charge in [0, 0.05) is 44.6 Å². The summed E-state index contributed by atoms with van der Waals surface area (Å²) in [6.45, 7) is 13.1. The summed E-state index contributed by atoms with van der Waals surface area (Å²) in [4.78, 5) is 14.2. The molecule has 0 amide bonds. The van der Waals surface area contributed by atoms with E-state index in [9.17, 15) is 0 Å². The topological polar surface area (TPSA) is 48.7 Å². The highest BCUT2D eigenvalue weighted by molar-refractivity contribution is 14.0. The normalized spacial score (nSPS) is 27.3. The first kappa shape index (κ1) is 22.5. The van der Waals surface area contributed by atoms with Gasteiger partial charge in [-0.15, -0.1) is 24.0 Å². The Bertz CT molecular complexity index is 561. The Kier molecular flexibility index (Phi) is 9.35. The molecule has 2 aliphatic heterocycles. The van der Waals surface area contributed by atoms with Crippen molar-refractivity contribution in [3.63, 3.8) is 0 Å². The summed E-state index contributed by atoms with van der Waals surface area (Å²) in [5, 5.41) is 3.51. The number of piperidine rings is 2. The van der Waals surface area contributed by atoms with E-state index in [1.54, 1.807) is 0 Å². The van der Waals surface area contributed by atoms with E-state index in [1.807, 2.05) is 12.5 Å². The third-order valence-electron chi connectivity index (χ3n) is 6.05. The van der Waals surface area contributed by atoms with Crippen molar-refractivity contribution in [2.45, 2.75) is 58.5 Å². The summed E-state index contributed by atoms with van der Waals surface area (Å²) in [6.07, 6.45) is 11.2. The lowest BCUT2D eigenvalue weighted by molar-refractivity contribution is 0.164. The minimum Gasteiger partial charge on any atom is -0.357 e. The highest BCUT2D eigenvalue weighted by Gasteiger charge is 2.29. The van der Waals surface area contributed by atoms with Crippen LogP contribution in [0.25, 0.3) is 0 Å². The minimum absolute atomic E-state index is 0. The van der Waals surface area contributed by atoms with Gasteiger partial charge < -0.3 is 14.8 Å². The van der Waals surface area contributed by atoms with Crippen molar-refractivity contribution in [2.75, 3.05) is 39.3 Å². The second-order valence-corrected chi connectivity index (χ2v) is 7.91. The molecule has 1 aromatic heterocycles. The maximum Gasteiger partial charge on any atom is 0.194 e. The van der Waals surface area contributed by atoms with Crippen molar-refractivity contribution >= 4 is 29.9 Å². The largest absolute Gasteiger partial charge is 0.357 e. The average molecular weight is 488 g/mol. The van der Waals surface area contributed by atoms with Crippen LogP contribution in [0.3, 0.4) is 0 Å². The number of guanidine groups is 1. The Morgan fingerprint density at radius 3 is 2.78 bits per heavy atom. The van der Waals surface area contributed by atoms with Crippen LogP contribution in [-0.2, 0) is 0 Å². The Morgan fingerprint density at radius 1 is 1.22 bits per heavy atom. The number of imidazole rings is 1. The van der Waals surface area contributed by atoms with Crippen molar-refractivity contribution in [2.24, 2.45) is 10.9 Å². The zero-order valence-electron chi connectivity index (χ0n) is 17.2. The fraction of sp³-hybridized carbons (Fsp3) is 0.800. The van der Waals surface area contributed by atoms with Crippen LogP contribution >= 0.6 is 24.0 Å². The lowest BCUT2D eigenvalue weighted by Crippen LogP contribution is -2.49. The molecular weight excluding hydrogens is 451 g/mol. The van der Waals surface area contributed by atoms with Gasteiger partial charge in [0.1, 0.15) is 0 Å². The van der Waals surface area contributed by atoms with E-state index in [1.165, 1.54) is 32.2 Å². The van der Waals surface area contributed by atoms with Gasteiger partial charge in [0.15, 0.2) is 5.96 Å². The number of hydrogen-bond acceptors (Lipinski definition) is 3. The Morgan fingerprint density at radius 2 is 2.07 bits per heavy atom. The van der Waals surface area contributed by atoms with Gasteiger partial charge in [-0.1, -0.05) is 13.3 Å². The van der Waals surface area contributed by atoms with Crippen LogP contribution in [0.4, 0.5) is 0 Å². The molecule has 0 aliphatic carbocycles. The predicted octanol–water partition coefficient (Wildman–Crippen LogP) is 3.22. The molecule has 0 aromatic carbocycles. The van der Waals surface area contributed by atoms with Gasteiger partial charge in [-0.3, -0.25) is 9.89 Å². The van der Waals surface area contributed by atoms with Gasteiger partial charge >= 0.3 is 0 Å². The molecule has 0 bridgehead atoms. The number of aromatic nitrogens is 2. The zero-order chi connectivity index (χ0) is 18.4. The molecule has 3 heterocycles. The number of halogens is 1. The molecule has 7 heteroatoms. The van der Waals surface area contributed by atoms with Crippen molar-refractivity contribution in [3.05, 3.63) is 18.7 Å². The lowest BCUT2D eigenvalue weighted by atomic mass is 9.93. The van der Waals surface area contributed by atoms with Crippen molar-refractivity contribution in [1.29, 1.82) is 0 Å². The molecule has 0 saturated carbocycles. The Labute approximate surface area is 181 Å². The molecule has 2 aliphatic rings. The number of aliphatic imine (C=N–C) groups is 1. The third kappa shape index (κ3) is 6.07. The summed E-state index contributed by atoms with van der Waals surface area (Å²) < 4.78 is 2.26. The van der Waals surface area contributed by atoms with E-state index in [2.05, 4.69) is 51.6 Å². The highest BCUT2D eigenvalue weighted by atomic mass is 127. The fourth-order valence-corrected chi connectivity index (χ4v) is 4.29. The zero-order valence-corrected chi connectivity index (χ0v) is 19.5. The van der Waals surface area contributed by atoms with E-state index in [4.69, 9.17) is 4.99 Å². The van der Waals surface area contributed by atoms with Gasteiger partial charge in [0.2, 0.25) is 0 Å². The molecule has 2 fully saturated rings. The van der Waals surface area contributed by atoms with Gasteiger partial charge in [-0.05, 0) is 45.6 Å². The van der Waals surface area contributed by atoms with Crippen molar-refractivity contribution in [3.8, 4) is 0 Å². The van der Waals surface area contributed by atoms with Gasteiger partial charge in [0.05, 0.1) is 18.9 Å². The molecule has 2 saturated heterocycles. The fourth-order valence-electron chi connectivity index (χ4n) is 4.29. The molecule has 154 valence electrons. The molecule has 3 rings (SSSR count). The van der Waals surface area contributed by atoms with Gasteiger partial charge in [0.25, 0.3) is 0 Å². The molecule has 1 aromatic rings. The first-order valence-electron chi connectivity index (χ1n) is 10.4. The number of nitrogens with one attached hydrogen (secondary N) is 1. The molecule has 6 nitrogen and oxygen atoms in total. The van der Waals surface area contributed by atoms with Crippen LogP contribution in [0.1, 0.15) is 52.5 Å². The monoisotopic (exact) mass is 488 g/mol. The van der Waals surface area contributed by atoms with Crippen LogP contribution in [-0.4, -0.2) is 70.6 Å². The average Bonchev–Trinajstić information content (AvgIpc) is 3.17. The Balaban J connectivity index is 0.00000261. The second-order valence-electron chi connectivity index (χ2n) is 7.91. The number of hydrogen-bond donors (Lipinski definition) is 1. The van der Waals surface area contributed by atoms with E-state index in [-0.39, 0.29) is 24.0 Å². The summed E-state index contributed by atoms with van der Waals surface area (Å²) in [7, 11) is 0. The highest BCUT2D eigenvalue weighted by Crippen LogP contribution is 2.27. The van der Waals surface area contributed by atoms with E-state index >= 15 is 0 Å². The molecular formula is C20H37IN6. The summed E-state index contributed by atoms with van der Waals surface area (Å²) in [5.74, 6) is 1.74. The summed E-state index contributed by atoms with van der Waals surface area (Å²) >= 11 is 0. The van der Waals surface area contributed by atoms with Crippen LogP contribution in [0, 0.1) is 5.92 Å². The van der Waals surface area contributed by atoms with Crippen LogP contribution in [0.2, 0.25) is 0 Å². The van der Waals surface area contributed by atoms with Crippen LogP contribution in [0.5, 0.6) is 0 Å². The van der Waals surface area contributed by atoms with E-state index in [0.29, 0.717) is 18.0 Å². The van der Waals surface area contributed by atoms with Crippen LogP contribution in [0.15, 0.2) is 23.7 Å². The van der Waals surface area contributed by atoms with E-state index < -0.39 is 0 Å². The predicted molar refractivity (Wildman–Crippen MR) is 123 cm³/mol. The Hall–Kier alpha value is -0.830. The molecule has 27 heavy (non-hydrogen) atoms. The van der Waals surface area contributed by atoms with Crippen molar-refractivity contribution in [1.82, 2.24) is 24.7 Å². The number of rotatable bonds is 5. The molecule has 3 atom stereocenters.